The third-order valence-electron chi connectivity index (χ3n) is 3.94. The molecule has 1 N–H and O–H groups in total. The number of methoxy groups -OCH3 is 1. The van der Waals surface area contributed by atoms with Gasteiger partial charge in [-0.2, -0.15) is 0 Å². The second-order valence-electron chi connectivity index (χ2n) is 5.83. The Bertz CT molecular complexity index is 504. The van der Waals surface area contributed by atoms with Crippen LogP contribution >= 0.6 is 23.2 Å². The molecule has 1 atom stereocenters. The highest BCUT2D eigenvalue weighted by Gasteiger charge is 2.21. The predicted octanol–water partition coefficient (Wildman–Crippen LogP) is 5.76. The molecule has 0 spiro atoms. The van der Waals surface area contributed by atoms with Crippen molar-refractivity contribution in [1.82, 2.24) is 0 Å². The zero-order valence-electron chi connectivity index (χ0n) is 12.9. The summed E-state index contributed by atoms with van der Waals surface area (Å²) in [5.41, 5.74) is 0. The zero-order valence-corrected chi connectivity index (χ0v) is 14.4. The largest absolute Gasteiger partial charge is 0.491 e. The summed E-state index contributed by atoms with van der Waals surface area (Å²) in [6.07, 6.45) is 9.33. The van der Waals surface area contributed by atoms with Gasteiger partial charge in [0.1, 0.15) is 6.10 Å². The first-order valence-corrected chi connectivity index (χ1v) is 8.58. The van der Waals surface area contributed by atoms with Crippen LogP contribution in [0, 0.1) is 11.3 Å². The number of hydrogen-bond donors (Lipinski definition) is 1. The van der Waals surface area contributed by atoms with Gasteiger partial charge < -0.3 is 14.9 Å². The average Bonchev–Trinajstić information content (AvgIpc) is 3.27. The molecule has 1 unspecified atom stereocenters. The van der Waals surface area contributed by atoms with Gasteiger partial charge in [-0.25, -0.2) is 0 Å². The monoisotopic (exact) mass is 343 g/mol. The predicted molar refractivity (Wildman–Crippen MR) is 92.0 cm³/mol. The van der Waals surface area contributed by atoms with Crippen LogP contribution in [0.3, 0.4) is 0 Å². The maximum atomic E-state index is 7.35. The fourth-order valence-corrected chi connectivity index (χ4v) is 3.12. The van der Waals surface area contributed by atoms with Crippen molar-refractivity contribution < 1.29 is 9.47 Å². The van der Waals surface area contributed by atoms with Crippen molar-refractivity contribution in [3.63, 3.8) is 0 Å². The molecule has 0 radical (unpaired) electrons. The molecule has 1 fully saturated rings. The summed E-state index contributed by atoms with van der Waals surface area (Å²) in [7, 11) is 1.56. The van der Waals surface area contributed by atoms with Crippen LogP contribution in [0.25, 0.3) is 0 Å². The van der Waals surface area contributed by atoms with Crippen LogP contribution in [0.15, 0.2) is 12.1 Å². The standard InChI is InChI=1S/C17H23Cl2NO2/c1-21-17-15(19)10-13(18)11-16(17)22-14(8-9-20)5-3-2-4-12-6-7-12/h9-12,14,20H,2-8H2,1H3. The Labute approximate surface area is 142 Å². The van der Waals surface area contributed by atoms with Crippen molar-refractivity contribution in [3.8, 4) is 11.5 Å². The Hall–Kier alpha value is -0.930. The van der Waals surface area contributed by atoms with Gasteiger partial charge >= 0.3 is 0 Å². The first-order valence-electron chi connectivity index (χ1n) is 7.82. The van der Waals surface area contributed by atoms with Crippen molar-refractivity contribution in [3.05, 3.63) is 22.2 Å². The molecule has 122 valence electrons. The highest BCUT2D eigenvalue weighted by molar-refractivity contribution is 6.35. The van der Waals surface area contributed by atoms with E-state index < -0.39 is 0 Å². The molecule has 0 aromatic heterocycles. The number of nitrogens with one attached hydrogen (secondary N) is 1. The maximum Gasteiger partial charge on any atom is 0.179 e. The third-order valence-corrected chi connectivity index (χ3v) is 4.44. The number of hydrogen-bond acceptors (Lipinski definition) is 3. The summed E-state index contributed by atoms with van der Waals surface area (Å²) in [5.74, 6) is 2.02. The fourth-order valence-electron chi connectivity index (χ4n) is 2.57. The number of unbranched alkanes of at least 4 members (excludes halogenated alkanes) is 1. The quantitative estimate of drug-likeness (QED) is 0.433. The van der Waals surface area contributed by atoms with E-state index in [4.69, 9.17) is 38.1 Å². The van der Waals surface area contributed by atoms with Crippen molar-refractivity contribution in [1.29, 1.82) is 5.41 Å². The molecule has 0 bridgehead atoms. The minimum Gasteiger partial charge on any atom is -0.491 e. The Balaban J connectivity index is 1.94. The first-order chi connectivity index (χ1) is 10.6. The topological polar surface area (TPSA) is 42.3 Å². The molecule has 0 aliphatic heterocycles. The summed E-state index contributed by atoms with van der Waals surface area (Å²) in [6.45, 7) is 0. The van der Waals surface area contributed by atoms with E-state index >= 15 is 0 Å². The first kappa shape index (κ1) is 17.4. The van der Waals surface area contributed by atoms with Crippen molar-refractivity contribution >= 4 is 29.4 Å². The van der Waals surface area contributed by atoms with Crippen molar-refractivity contribution in [2.75, 3.05) is 7.11 Å². The van der Waals surface area contributed by atoms with Gasteiger partial charge in [0.15, 0.2) is 11.5 Å². The van der Waals surface area contributed by atoms with E-state index in [0.29, 0.717) is 28.0 Å². The van der Waals surface area contributed by atoms with E-state index in [1.54, 1.807) is 19.2 Å². The van der Waals surface area contributed by atoms with Crippen LogP contribution < -0.4 is 9.47 Å². The maximum absolute atomic E-state index is 7.35. The molecule has 0 heterocycles. The van der Waals surface area contributed by atoms with Crippen LogP contribution in [0.5, 0.6) is 11.5 Å². The summed E-state index contributed by atoms with van der Waals surface area (Å²) >= 11 is 12.2. The van der Waals surface area contributed by atoms with Gasteiger partial charge in [0.25, 0.3) is 0 Å². The van der Waals surface area contributed by atoms with Crippen LogP contribution in [0.2, 0.25) is 10.0 Å². The van der Waals surface area contributed by atoms with E-state index in [-0.39, 0.29) is 6.10 Å². The molecule has 3 nitrogen and oxygen atoms in total. The van der Waals surface area contributed by atoms with Crippen molar-refractivity contribution in [2.45, 2.75) is 51.0 Å². The van der Waals surface area contributed by atoms with Gasteiger partial charge in [0, 0.05) is 17.5 Å². The molecule has 1 saturated carbocycles. The van der Waals surface area contributed by atoms with E-state index in [1.165, 1.54) is 31.9 Å². The zero-order chi connectivity index (χ0) is 15.9. The van der Waals surface area contributed by atoms with Crippen molar-refractivity contribution in [2.24, 2.45) is 5.92 Å². The minimum atomic E-state index is -0.0415. The molecular weight excluding hydrogens is 321 g/mol. The molecule has 0 saturated heterocycles. The molecule has 1 aliphatic rings. The van der Waals surface area contributed by atoms with Gasteiger partial charge in [-0.3, -0.25) is 0 Å². The average molecular weight is 344 g/mol. The normalized spacial score (nSPS) is 15.4. The number of ether oxygens (including phenoxy) is 2. The van der Waals surface area contributed by atoms with E-state index in [0.717, 1.165) is 18.8 Å². The number of rotatable bonds is 10. The highest BCUT2D eigenvalue weighted by atomic mass is 35.5. The Morgan fingerprint density at radius 1 is 1.32 bits per heavy atom. The van der Waals surface area contributed by atoms with Crippen LogP contribution in [-0.2, 0) is 0 Å². The van der Waals surface area contributed by atoms with Crippen LogP contribution in [-0.4, -0.2) is 19.4 Å². The molecule has 0 amide bonds. The van der Waals surface area contributed by atoms with Crippen LogP contribution in [0.4, 0.5) is 0 Å². The Kier molecular flexibility index (Phi) is 6.84. The van der Waals surface area contributed by atoms with E-state index in [1.807, 2.05) is 0 Å². The summed E-state index contributed by atoms with van der Waals surface area (Å²) in [6, 6.07) is 3.35. The van der Waals surface area contributed by atoms with Gasteiger partial charge in [-0.1, -0.05) is 48.9 Å². The summed E-state index contributed by atoms with van der Waals surface area (Å²) < 4.78 is 11.3. The second kappa shape index (κ2) is 8.64. The highest BCUT2D eigenvalue weighted by Crippen LogP contribution is 2.39. The third kappa shape index (κ3) is 5.36. The van der Waals surface area contributed by atoms with E-state index in [9.17, 15) is 0 Å². The molecule has 1 aromatic rings. The SMILES string of the molecule is COc1c(Cl)cc(Cl)cc1OC(CC=N)CCCCC1CC1. The second-order valence-corrected chi connectivity index (χ2v) is 6.67. The molecular formula is C17H23Cl2NO2. The minimum absolute atomic E-state index is 0.0415. The Morgan fingerprint density at radius 3 is 2.73 bits per heavy atom. The summed E-state index contributed by atoms with van der Waals surface area (Å²) in [5, 5.41) is 8.31. The number of benzene rings is 1. The van der Waals surface area contributed by atoms with Crippen LogP contribution in [0.1, 0.15) is 44.9 Å². The van der Waals surface area contributed by atoms with Gasteiger partial charge in [0.05, 0.1) is 12.1 Å². The lowest BCUT2D eigenvalue weighted by molar-refractivity contribution is 0.187. The molecule has 1 aliphatic carbocycles. The molecule has 5 heteroatoms. The number of halogens is 2. The smallest absolute Gasteiger partial charge is 0.179 e. The lowest BCUT2D eigenvalue weighted by Crippen LogP contribution is -2.17. The van der Waals surface area contributed by atoms with Gasteiger partial charge in [0.2, 0.25) is 0 Å². The lowest BCUT2D eigenvalue weighted by atomic mass is 10.1. The van der Waals surface area contributed by atoms with Gasteiger partial charge in [-0.05, 0) is 31.0 Å². The lowest BCUT2D eigenvalue weighted by Gasteiger charge is -2.20. The van der Waals surface area contributed by atoms with E-state index in [2.05, 4.69) is 0 Å². The molecule has 22 heavy (non-hydrogen) atoms. The fraction of sp³-hybridized carbons (Fsp3) is 0.588. The van der Waals surface area contributed by atoms with Gasteiger partial charge in [-0.15, -0.1) is 0 Å². The molecule has 1 aromatic carbocycles. The molecule has 2 rings (SSSR count). The Morgan fingerprint density at radius 2 is 2.09 bits per heavy atom. The summed E-state index contributed by atoms with van der Waals surface area (Å²) in [4.78, 5) is 0.